The van der Waals surface area contributed by atoms with Crippen LogP contribution in [0.4, 0.5) is 0 Å². The van der Waals surface area contributed by atoms with E-state index in [1.165, 1.54) is 6.07 Å². The smallest absolute Gasteiger partial charge is 0.339 e. The van der Waals surface area contributed by atoms with Gasteiger partial charge < -0.3 is 14.9 Å². The molecule has 4 nitrogen and oxygen atoms in total. The second kappa shape index (κ2) is 3.81. The molecule has 15 heavy (non-hydrogen) atoms. The van der Waals surface area contributed by atoms with Crippen LogP contribution in [0.1, 0.15) is 23.2 Å². The minimum absolute atomic E-state index is 0.122. The van der Waals surface area contributed by atoms with Crippen molar-refractivity contribution in [3.05, 3.63) is 23.8 Å². The zero-order chi connectivity index (χ0) is 10.8. The van der Waals surface area contributed by atoms with Gasteiger partial charge in [-0.1, -0.05) is 6.07 Å². The van der Waals surface area contributed by atoms with Crippen molar-refractivity contribution >= 4 is 5.97 Å². The van der Waals surface area contributed by atoms with Gasteiger partial charge in [-0.3, -0.25) is 0 Å². The molecular formula is C11H12O4. The monoisotopic (exact) mass is 208 g/mol. The number of ether oxygens (including phenoxy) is 1. The number of aromatic carboxylic acids is 1. The van der Waals surface area contributed by atoms with E-state index in [1.807, 2.05) is 0 Å². The summed E-state index contributed by atoms with van der Waals surface area (Å²) in [7, 11) is 0. The summed E-state index contributed by atoms with van der Waals surface area (Å²) in [6.07, 6.45) is 2.30. The summed E-state index contributed by atoms with van der Waals surface area (Å²) in [4.78, 5) is 10.7. The molecule has 4 heteroatoms. The Morgan fingerprint density at radius 1 is 1.47 bits per heavy atom. The molecule has 0 unspecified atom stereocenters. The first-order valence-electron chi connectivity index (χ1n) is 4.86. The average Bonchev–Trinajstić information content (AvgIpc) is 2.99. The van der Waals surface area contributed by atoms with Crippen LogP contribution in [0.5, 0.6) is 11.5 Å². The van der Waals surface area contributed by atoms with E-state index in [0.717, 1.165) is 12.8 Å². The number of phenols is 1. The maximum absolute atomic E-state index is 10.7. The average molecular weight is 208 g/mol. The number of carboxylic acids is 1. The summed E-state index contributed by atoms with van der Waals surface area (Å²) in [6.45, 7) is 0.552. The first-order chi connectivity index (χ1) is 7.18. The molecule has 0 radical (unpaired) electrons. The molecule has 0 aromatic heterocycles. The molecule has 0 bridgehead atoms. The number of para-hydroxylation sites is 1. The zero-order valence-corrected chi connectivity index (χ0v) is 8.14. The van der Waals surface area contributed by atoms with Crippen molar-refractivity contribution in [3.63, 3.8) is 0 Å². The molecule has 1 fully saturated rings. The Kier molecular flexibility index (Phi) is 2.49. The van der Waals surface area contributed by atoms with Crippen molar-refractivity contribution < 1.29 is 19.7 Å². The van der Waals surface area contributed by atoms with Crippen LogP contribution in [-0.2, 0) is 0 Å². The SMILES string of the molecule is O=C(O)c1cccc(OCC2CC2)c1O. The van der Waals surface area contributed by atoms with Crippen LogP contribution in [0, 0.1) is 5.92 Å². The molecule has 0 heterocycles. The third kappa shape index (κ3) is 2.21. The van der Waals surface area contributed by atoms with Crippen LogP contribution in [0.3, 0.4) is 0 Å². The topological polar surface area (TPSA) is 66.8 Å². The number of carbonyl (C=O) groups is 1. The molecule has 1 aliphatic rings. The molecule has 1 aromatic carbocycles. The Hall–Kier alpha value is -1.71. The van der Waals surface area contributed by atoms with Crippen LogP contribution in [0.2, 0.25) is 0 Å². The van der Waals surface area contributed by atoms with Crippen LogP contribution < -0.4 is 4.74 Å². The minimum atomic E-state index is -1.15. The lowest BCUT2D eigenvalue weighted by Gasteiger charge is -2.08. The largest absolute Gasteiger partial charge is 0.504 e. The van der Waals surface area contributed by atoms with Crippen molar-refractivity contribution in [1.29, 1.82) is 0 Å². The molecule has 2 rings (SSSR count). The van der Waals surface area contributed by atoms with Crippen molar-refractivity contribution in [3.8, 4) is 11.5 Å². The predicted octanol–water partition coefficient (Wildman–Crippen LogP) is 1.88. The second-order valence-corrected chi connectivity index (χ2v) is 3.71. The Morgan fingerprint density at radius 2 is 2.20 bits per heavy atom. The van der Waals surface area contributed by atoms with Gasteiger partial charge in [-0.05, 0) is 30.9 Å². The Morgan fingerprint density at radius 3 is 2.80 bits per heavy atom. The highest BCUT2D eigenvalue weighted by Crippen LogP contribution is 2.33. The Bertz CT molecular complexity index is 382. The van der Waals surface area contributed by atoms with E-state index in [-0.39, 0.29) is 17.1 Å². The lowest BCUT2D eigenvalue weighted by atomic mass is 10.2. The molecule has 2 N–H and O–H groups in total. The van der Waals surface area contributed by atoms with Gasteiger partial charge in [0.2, 0.25) is 0 Å². The summed E-state index contributed by atoms with van der Waals surface area (Å²) in [5.74, 6) is -0.616. The zero-order valence-electron chi connectivity index (χ0n) is 8.14. The number of rotatable bonds is 4. The molecule has 80 valence electrons. The molecule has 0 aliphatic heterocycles. The maximum Gasteiger partial charge on any atom is 0.339 e. The first-order valence-corrected chi connectivity index (χ1v) is 4.86. The number of hydrogen-bond donors (Lipinski definition) is 2. The van der Waals surface area contributed by atoms with Gasteiger partial charge in [-0.2, -0.15) is 0 Å². The molecule has 0 saturated heterocycles. The molecule has 1 aromatic rings. The fourth-order valence-corrected chi connectivity index (χ4v) is 1.30. The number of hydrogen-bond acceptors (Lipinski definition) is 3. The van der Waals surface area contributed by atoms with Crippen molar-refractivity contribution in [2.45, 2.75) is 12.8 Å². The lowest BCUT2D eigenvalue weighted by molar-refractivity contribution is 0.0693. The number of carboxylic acid groups (broad SMARTS) is 1. The third-order valence-electron chi connectivity index (χ3n) is 2.40. The van der Waals surface area contributed by atoms with Gasteiger partial charge in [-0.15, -0.1) is 0 Å². The summed E-state index contributed by atoms with van der Waals surface area (Å²) in [5, 5.41) is 18.4. The van der Waals surface area contributed by atoms with Crippen molar-refractivity contribution in [2.75, 3.05) is 6.61 Å². The van der Waals surface area contributed by atoms with Crippen LogP contribution in [0.15, 0.2) is 18.2 Å². The summed E-state index contributed by atoms with van der Waals surface area (Å²) >= 11 is 0. The molecule has 1 saturated carbocycles. The van der Waals surface area contributed by atoms with E-state index in [1.54, 1.807) is 12.1 Å². The summed E-state index contributed by atoms with van der Waals surface area (Å²) < 4.78 is 5.34. The van der Waals surface area contributed by atoms with E-state index in [9.17, 15) is 9.90 Å². The number of aromatic hydroxyl groups is 1. The van der Waals surface area contributed by atoms with Gasteiger partial charge in [0.1, 0.15) is 5.56 Å². The normalized spacial score (nSPS) is 14.9. The van der Waals surface area contributed by atoms with Gasteiger partial charge in [0.05, 0.1) is 6.61 Å². The van der Waals surface area contributed by atoms with Crippen molar-refractivity contribution in [2.24, 2.45) is 5.92 Å². The fourth-order valence-electron chi connectivity index (χ4n) is 1.30. The predicted molar refractivity (Wildman–Crippen MR) is 53.3 cm³/mol. The second-order valence-electron chi connectivity index (χ2n) is 3.71. The lowest BCUT2D eigenvalue weighted by Crippen LogP contribution is -2.02. The Labute approximate surface area is 87.1 Å². The highest BCUT2D eigenvalue weighted by molar-refractivity contribution is 5.91. The van der Waals surface area contributed by atoms with Gasteiger partial charge in [0.25, 0.3) is 0 Å². The maximum atomic E-state index is 10.7. The van der Waals surface area contributed by atoms with Crippen LogP contribution >= 0.6 is 0 Å². The van der Waals surface area contributed by atoms with E-state index in [0.29, 0.717) is 12.5 Å². The quantitative estimate of drug-likeness (QED) is 0.792. The van der Waals surface area contributed by atoms with Crippen molar-refractivity contribution in [1.82, 2.24) is 0 Å². The molecule has 0 amide bonds. The van der Waals surface area contributed by atoms with E-state index < -0.39 is 5.97 Å². The third-order valence-corrected chi connectivity index (χ3v) is 2.40. The van der Waals surface area contributed by atoms with Gasteiger partial charge in [0, 0.05) is 0 Å². The summed E-state index contributed by atoms with van der Waals surface area (Å²) in [6, 6.07) is 4.48. The van der Waals surface area contributed by atoms with Gasteiger partial charge in [0.15, 0.2) is 11.5 Å². The van der Waals surface area contributed by atoms with Gasteiger partial charge >= 0.3 is 5.97 Å². The standard InChI is InChI=1S/C11H12O4/c12-10-8(11(13)14)2-1-3-9(10)15-6-7-4-5-7/h1-3,7,12H,4-6H2,(H,13,14). The fraction of sp³-hybridized carbons (Fsp3) is 0.364. The number of benzene rings is 1. The minimum Gasteiger partial charge on any atom is -0.504 e. The highest BCUT2D eigenvalue weighted by Gasteiger charge is 2.23. The van der Waals surface area contributed by atoms with E-state index in [4.69, 9.17) is 9.84 Å². The molecule has 1 aliphatic carbocycles. The molecule has 0 spiro atoms. The molecule has 0 atom stereocenters. The van der Waals surface area contributed by atoms with Crippen LogP contribution in [0.25, 0.3) is 0 Å². The van der Waals surface area contributed by atoms with E-state index in [2.05, 4.69) is 0 Å². The molecular weight excluding hydrogens is 196 g/mol. The van der Waals surface area contributed by atoms with Crippen LogP contribution in [-0.4, -0.2) is 22.8 Å². The van der Waals surface area contributed by atoms with E-state index >= 15 is 0 Å². The highest BCUT2D eigenvalue weighted by atomic mass is 16.5. The first kappa shape index (κ1) is 9.83. The Balaban J connectivity index is 2.14. The summed E-state index contributed by atoms with van der Waals surface area (Å²) in [5.41, 5.74) is -0.122. The van der Waals surface area contributed by atoms with Gasteiger partial charge in [-0.25, -0.2) is 4.79 Å².